The van der Waals surface area contributed by atoms with Gasteiger partial charge in [-0.1, -0.05) is 47.8 Å². The third kappa shape index (κ3) is 3.17. The van der Waals surface area contributed by atoms with Gasteiger partial charge >= 0.3 is 8.56 Å². The van der Waals surface area contributed by atoms with E-state index in [1.54, 1.807) is 14.2 Å². The topological polar surface area (TPSA) is 18.5 Å². The van der Waals surface area contributed by atoms with Gasteiger partial charge in [-0.25, -0.2) is 0 Å². The predicted molar refractivity (Wildman–Crippen MR) is 73.3 cm³/mol. The van der Waals surface area contributed by atoms with E-state index >= 15 is 0 Å². The van der Waals surface area contributed by atoms with E-state index in [1.165, 1.54) is 5.19 Å². The highest BCUT2D eigenvalue weighted by molar-refractivity contribution is 9.10. The minimum Gasteiger partial charge on any atom is -0.394 e. The van der Waals surface area contributed by atoms with Gasteiger partial charge in [-0.2, -0.15) is 0 Å². The van der Waals surface area contributed by atoms with Crippen molar-refractivity contribution < 1.29 is 8.85 Å². The summed E-state index contributed by atoms with van der Waals surface area (Å²) in [6.45, 7) is 2.19. The highest BCUT2D eigenvalue weighted by Crippen LogP contribution is 2.18. The number of halogens is 1. The molecule has 0 saturated carbocycles. The SMILES string of the molecule is CCCC[Si](OC)(OC)c1cccc(Br)c1. The molecule has 0 unspecified atom stereocenters. The van der Waals surface area contributed by atoms with Crippen molar-refractivity contribution in [2.75, 3.05) is 14.2 Å². The van der Waals surface area contributed by atoms with E-state index < -0.39 is 8.56 Å². The van der Waals surface area contributed by atoms with Crippen LogP contribution in [0, 0.1) is 0 Å². The second-order valence-corrected chi connectivity index (χ2v) is 8.09. The van der Waals surface area contributed by atoms with Crippen molar-refractivity contribution in [1.82, 2.24) is 0 Å². The van der Waals surface area contributed by atoms with Crippen molar-refractivity contribution >= 4 is 29.7 Å². The number of hydrogen-bond acceptors (Lipinski definition) is 2. The van der Waals surface area contributed by atoms with Crippen LogP contribution in [-0.2, 0) is 8.85 Å². The zero-order chi connectivity index (χ0) is 12.0. The van der Waals surface area contributed by atoms with Gasteiger partial charge in [0.25, 0.3) is 0 Å². The van der Waals surface area contributed by atoms with E-state index in [4.69, 9.17) is 8.85 Å². The van der Waals surface area contributed by atoms with E-state index in [1.807, 2.05) is 12.1 Å². The average Bonchev–Trinajstić information content (AvgIpc) is 2.31. The molecule has 1 aromatic rings. The van der Waals surface area contributed by atoms with Crippen LogP contribution in [0.3, 0.4) is 0 Å². The van der Waals surface area contributed by atoms with Gasteiger partial charge < -0.3 is 8.85 Å². The molecule has 90 valence electrons. The number of unbranched alkanes of at least 4 members (excludes halogenated alkanes) is 1. The maximum Gasteiger partial charge on any atom is 0.372 e. The fourth-order valence-electron chi connectivity index (χ4n) is 1.80. The molecular formula is C12H19BrO2Si. The first-order valence-electron chi connectivity index (χ1n) is 5.55. The van der Waals surface area contributed by atoms with Crippen molar-refractivity contribution in [3.05, 3.63) is 28.7 Å². The van der Waals surface area contributed by atoms with Gasteiger partial charge in [-0.3, -0.25) is 0 Å². The van der Waals surface area contributed by atoms with Gasteiger partial charge in [0.15, 0.2) is 0 Å². The van der Waals surface area contributed by atoms with E-state index in [0.717, 1.165) is 23.4 Å². The molecule has 1 aromatic carbocycles. The Kier molecular flexibility index (Phi) is 5.68. The van der Waals surface area contributed by atoms with Gasteiger partial charge in [0.05, 0.1) is 0 Å². The molecule has 0 spiro atoms. The Bertz CT molecular complexity index is 327. The lowest BCUT2D eigenvalue weighted by Gasteiger charge is -2.27. The van der Waals surface area contributed by atoms with Crippen LogP contribution < -0.4 is 5.19 Å². The Morgan fingerprint density at radius 3 is 2.44 bits per heavy atom. The van der Waals surface area contributed by atoms with E-state index in [2.05, 4.69) is 35.0 Å². The van der Waals surface area contributed by atoms with Crippen LogP contribution in [0.2, 0.25) is 6.04 Å². The van der Waals surface area contributed by atoms with Crippen molar-refractivity contribution in [2.24, 2.45) is 0 Å². The molecule has 0 fully saturated rings. The fraction of sp³-hybridized carbons (Fsp3) is 0.500. The molecular weight excluding hydrogens is 284 g/mol. The molecule has 0 aliphatic carbocycles. The highest BCUT2D eigenvalue weighted by Gasteiger charge is 2.37. The summed E-state index contributed by atoms with van der Waals surface area (Å²) in [5, 5.41) is 1.19. The Hall–Kier alpha value is -0.163. The molecule has 0 aromatic heterocycles. The van der Waals surface area contributed by atoms with Gasteiger partial charge in [0, 0.05) is 18.7 Å². The van der Waals surface area contributed by atoms with Crippen LogP contribution in [0.15, 0.2) is 28.7 Å². The Morgan fingerprint density at radius 1 is 1.25 bits per heavy atom. The first kappa shape index (κ1) is 13.9. The molecule has 0 aliphatic rings. The summed E-state index contributed by atoms with van der Waals surface area (Å²) in [4.78, 5) is 0. The molecule has 4 heteroatoms. The molecule has 0 radical (unpaired) electrons. The molecule has 0 atom stereocenters. The molecule has 0 heterocycles. The van der Waals surface area contributed by atoms with E-state index in [9.17, 15) is 0 Å². The number of rotatable bonds is 6. The second kappa shape index (κ2) is 6.54. The van der Waals surface area contributed by atoms with Crippen molar-refractivity contribution in [3.63, 3.8) is 0 Å². The van der Waals surface area contributed by atoms with Gasteiger partial charge in [0.2, 0.25) is 0 Å². The lowest BCUT2D eigenvalue weighted by molar-refractivity contribution is 0.256. The van der Waals surface area contributed by atoms with Gasteiger partial charge in [-0.05, 0) is 23.4 Å². The summed E-state index contributed by atoms with van der Waals surface area (Å²) >= 11 is 3.49. The highest BCUT2D eigenvalue weighted by atomic mass is 79.9. The predicted octanol–water partition coefficient (Wildman–Crippen LogP) is 3.19. The Morgan fingerprint density at radius 2 is 1.94 bits per heavy atom. The minimum absolute atomic E-state index is 1.01. The average molecular weight is 303 g/mol. The van der Waals surface area contributed by atoms with Crippen molar-refractivity contribution in [3.8, 4) is 0 Å². The van der Waals surface area contributed by atoms with Crippen LogP contribution >= 0.6 is 15.9 Å². The molecule has 0 N–H and O–H groups in total. The Labute approximate surface area is 107 Å². The minimum atomic E-state index is -2.20. The molecule has 1 rings (SSSR count). The molecule has 16 heavy (non-hydrogen) atoms. The fourth-order valence-corrected chi connectivity index (χ4v) is 5.29. The third-order valence-corrected chi connectivity index (χ3v) is 6.80. The summed E-state index contributed by atoms with van der Waals surface area (Å²) in [5.41, 5.74) is 0. The van der Waals surface area contributed by atoms with Crippen LogP contribution in [-0.4, -0.2) is 22.8 Å². The molecule has 0 aliphatic heterocycles. The lowest BCUT2D eigenvalue weighted by Crippen LogP contribution is -2.52. The number of benzene rings is 1. The molecule has 2 nitrogen and oxygen atoms in total. The quantitative estimate of drug-likeness (QED) is 0.751. The first-order chi connectivity index (χ1) is 7.68. The zero-order valence-corrected chi connectivity index (χ0v) is 12.7. The third-order valence-electron chi connectivity index (χ3n) is 2.78. The summed E-state index contributed by atoms with van der Waals surface area (Å²) in [5.74, 6) is 0. The zero-order valence-electron chi connectivity index (χ0n) is 10.1. The lowest BCUT2D eigenvalue weighted by atomic mass is 10.4. The molecule has 0 saturated heterocycles. The normalized spacial score (nSPS) is 11.8. The monoisotopic (exact) mass is 302 g/mol. The van der Waals surface area contributed by atoms with Gasteiger partial charge in [0.1, 0.15) is 0 Å². The van der Waals surface area contributed by atoms with Crippen LogP contribution in [0.1, 0.15) is 19.8 Å². The standard InChI is InChI=1S/C12H19BrO2Si/c1-4-5-9-16(14-2,15-3)12-8-6-7-11(13)10-12/h6-8,10H,4-5,9H2,1-3H3. The summed E-state index contributed by atoms with van der Waals surface area (Å²) in [6, 6.07) is 9.26. The van der Waals surface area contributed by atoms with Crippen molar-refractivity contribution in [1.29, 1.82) is 0 Å². The number of hydrogen-bond donors (Lipinski definition) is 0. The molecule has 0 amide bonds. The Balaban J connectivity index is 2.99. The summed E-state index contributed by atoms with van der Waals surface area (Å²) in [6.07, 6.45) is 2.30. The second-order valence-electron chi connectivity index (χ2n) is 3.78. The molecule has 0 bridgehead atoms. The maximum absolute atomic E-state index is 5.73. The summed E-state index contributed by atoms with van der Waals surface area (Å²) in [7, 11) is 1.31. The van der Waals surface area contributed by atoms with E-state index in [0.29, 0.717) is 0 Å². The maximum atomic E-state index is 5.73. The van der Waals surface area contributed by atoms with Gasteiger partial charge in [-0.15, -0.1) is 0 Å². The smallest absolute Gasteiger partial charge is 0.372 e. The van der Waals surface area contributed by atoms with Crippen LogP contribution in [0.25, 0.3) is 0 Å². The van der Waals surface area contributed by atoms with Crippen LogP contribution in [0.5, 0.6) is 0 Å². The first-order valence-corrected chi connectivity index (χ1v) is 8.36. The van der Waals surface area contributed by atoms with E-state index in [-0.39, 0.29) is 0 Å². The van der Waals surface area contributed by atoms with Crippen molar-refractivity contribution in [2.45, 2.75) is 25.8 Å². The summed E-state index contributed by atoms with van der Waals surface area (Å²) < 4.78 is 12.5. The van der Waals surface area contributed by atoms with Crippen LogP contribution in [0.4, 0.5) is 0 Å². The largest absolute Gasteiger partial charge is 0.394 e.